The maximum Gasteiger partial charge on any atom is 0.261 e. The van der Waals surface area contributed by atoms with Crippen molar-refractivity contribution >= 4 is 37.3 Å². The van der Waals surface area contributed by atoms with Crippen molar-refractivity contribution in [2.75, 3.05) is 23.1 Å². The number of rotatable bonds is 7. The molecule has 4 rings (SSSR count). The lowest BCUT2D eigenvalue weighted by atomic mass is 10.1. The highest BCUT2D eigenvalue weighted by molar-refractivity contribution is 7.92. The molecule has 184 valence electrons. The van der Waals surface area contributed by atoms with Gasteiger partial charge in [-0.25, -0.2) is 16.8 Å². The van der Waals surface area contributed by atoms with Crippen LogP contribution in [0.25, 0.3) is 0 Å². The number of benzene rings is 3. The van der Waals surface area contributed by atoms with Gasteiger partial charge in [-0.05, 0) is 80.8 Å². The van der Waals surface area contributed by atoms with Gasteiger partial charge in [0.25, 0.3) is 15.9 Å². The minimum absolute atomic E-state index is 0.126. The average Bonchev–Trinajstić information content (AvgIpc) is 3.37. The van der Waals surface area contributed by atoms with Gasteiger partial charge in [-0.15, -0.1) is 0 Å². The second-order valence-electron chi connectivity index (χ2n) is 8.54. The van der Waals surface area contributed by atoms with Crippen molar-refractivity contribution in [2.24, 2.45) is 0 Å². The van der Waals surface area contributed by atoms with Crippen molar-refractivity contribution in [3.8, 4) is 0 Å². The fourth-order valence-electron chi connectivity index (χ4n) is 3.79. The summed E-state index contributed by atoms with van der Waals surface area (Å²) >= 11 is 0. The Morgan fingerprint density at radius 1 is 0.800 bits per heavy atom. The molecule has 0 unspecified atom stereocenters. The molecule has 0 spiro atoms. The number of hydrogen-bond donors (Lipinski definition) is 2. The van der Waals surface area contributed by atoms with Crippen molar-refractivity contribution in [1.82, 2.24) is 4.31 Å². The van der Waals surface area contributed by atoms with Crippen LogP contribution in [0.2, 0.25) is 0 Å². The van der Waals surface area contributed by atoms with Gasteiger partial charge in [-0.2, -0.15) is 4.31 Å². The van der Waals surface area contributed by atoms with Crippen LogP contribution in [0.3, 0.4) is 0 Å². The van der Waals surface area contributed by atoms with E-state index in [0.29, 0.717) is 30.0 Å². The summed E-state index contributed by atoms with van der Waals surface area (Å²) in [6, 6.07) is 17.2. The van der Waals surface area contributed by atoms with E-state index in [2.05, 4.69) is 10.0 Å². The molecular formula is C25H27N3O5S2. The molecule has 35 heavy (non-hydrogen) atoms. The van der Waals surface area contributed by atoms with Crippen LogP contribution < -0.4 is 10.0 Å². The zero-order valence-electron chi connectivity index (χ0n) is 19.5. The normalized spacial score (nSPS) is 14.6. The quantitative estimate of drug-likeness (QED) is 0.493. The summed E-state index contributed by atoms with van der Waals surface area (Å²) < 4.78 is 54.9. The molecule has 1 aliphatic heterocycles. The molecule has 3 aromatic rings. The summed E-state index contributed by atoms with van der Waals surface area (Å²) in [4.78, 5) is 13.1. The molecule has 1 heterocycles. The Hall–Kier alpha value is -3.21. The lowest BCUT2D eigenvalue weighted by Crippen LogP contribution is -2.27. The van der Waals surface area contributed by atoms with Gasteiger partial charge in [0.1, 0.15) is 0 Å². The molecule has 0 radical (unpaired) electrons. The molecule has 0 aliphatic carbocycles. The molecule has 1 aliphatic rings. The van der Waals surface area contributed by atoms with E-state index in [1.807, 2.05) is 6.92 Å². The van der Waals surface area contributed by atoms with Crippen LogP contribution in [0.1, 0.15) is 34.3 Å². The molecule has 2 N–H and O–H groups in total. The topological polar surface area (TPSA) is 113 Å². The third-order valence-electron chi connectivity index (χ3n) is 5.89. The molecular weight excluding hydrogens is 486 g/mol. The molecule has 0 saturated carbocycles. The summed E-state index contributed by atoms with van der Waals surface area (Å²) in [6.07, 6.45) is 1.71. The maximum absolute atomic E-state index is 12.8. The van der Waals surface area contributed by atoms with E-state index in [1.165, 1.54) is 46.8 Å². The molecule has 0 aromatic heterocycles. The van der Waals surface area contributed by atoms with Gasteiger partial charge in [0.2, 0.25) is 10.0 Å². The Labute approximate surface area is 206 Å². The Kier molecular flexibility index (Phi) is 6.98. The van der Waals surface area contributed by atoms with Crippen molar-refractivity contribution in [3.63, 3.8) is 0 Å². The standard InChI is InChI=1S/C25H27N3O5S2/c1-18-5-11-22(12-6-18)34(30,31)27-24-17-20(8-7-19(24)2)25(29)26-21-9-13-23(14-10-21)35(32,33)28-15-3-4-16-28/h5-14,17,27H,3-4,15-16H2,1-2H3,(H,26,29). The predicted molar refractivity (Wildman–Crippen MR) is 136 cm³/mol. The monoisotopic (exact) mass is 513 g/mol. The van der Waals surface area contributed by atoms with Gasteiger partial charge < -0.3 is 5.32 Å². The van der Waals surface area contributed by atoms with Crippen LogP contribution in [0.15, 0.2) is 76.5 Å². The summed E-state index contributed by atoms with van der Waals surface area (Å²) in [7, 11) is -7.36. The SMILES string of the molecule is Cc1ccc(S(=O)(=O)Nc2cc(C(=O)Nc3ccc(S(=O)(=O)N4CCCC4)cc3)ccc2C)cc1. The fourth-order valence-corrected chi connectivity index (χ4v) is 6.42. The Morgan fingerprint density at radius 2 is 1.40 bits per heavy atom. The summed E-state index contributed by atoms with van der Waals surface area (Å²) in [6.45, 7) is 4.65. The van der Waals surface area contributed by atoms with Gasteiger partial charge in [-0.3, -0.25) is 9.52 Å². The molecule has 10 heteroatoms. The van der Waals surface area contributed by atoms with Crippen LogP contribution in [-0.4, -0.2) is 40.1 Å². The third kappa shape index (κ3) is 5.55. The minimum Gasteiger partial charge on any atom is -0.322 e. The minimum atomic E-state index is -3.82. The molecule has 0 bridgehead atoms. The van der Waals surface area contributed by atoms with Crippen LogP contribution >= 0.6 is 0 Å². The van der Waals surface area contributed by atoms with Crippen LogP contribution in [0.4, 0.5) is 11.4 Å². The zero-order valence-corrected chi connectivity index (χ0v) is 21.1. The molecule has 1 fully saturated rings. The third-order valence-corrected chi connectivity index (χ3v) is 9.18. The van der Waals surface area contributed by atoms with Crippen LogP contribution in [-0.2, 0) is 20.0 Å². The first-order chi connectivity index (χ1) is 16.6. The molecule has 1 saturated heterocycles. The number of sulfonamides is 2. The Morgan fingerprint density at radius 3 is 2.03 bits per heavy atom. The van der Waals surface area contributed by atoms with E-state index < -0.39 is 26.0 Å². The van der Waals surface area contributed by atoms with Crippen molar-refractivity contribution in [1.29, 1.82) is 0 Å². The summed E-state index contributed by atoms with van der Waals surface area (Å²) in [5.74, 6) is -0.448. The Balaban J connectivity index is 1.49. The smallest absolute Gasteiger partial charge is 0.261 e. The number of anilines is 2. The van der Waals surface area contributed by atoms with Crippen molar-refractivity contribution < 1.29 is 21.6 Å². The second-order valence-corrected chi connectivity index (χ2v) is 12.2. The van der Waals surface area contributed by atoms with Crippen molar-refractivity contribution in [2.45, 2.75) is 36.5 Å². The first-order valence-corrected chi connectivity index (χ1v) is 14.1. The van der Waals surface area contributed by atoms with Crippen LogP contribution in [0.5, 0.6) is 0 Å². The van der Waals surface area contributed by atoms with Gasteiger partial charge in [0, 0.05) is 24.3 Å². The number of carbonyl (C=O) groups is 1. The van der Waals surface area contributed by atoms with E-state index in [9.17, 15) is 21.6 Å². The van der Waals surface area contributed by atoms with Crippen molar-refractivity contribution in [3.05, 3.63) is 83.4 Å². The molecule has 3 aromatic carbocycles. The number of hydrogen-bond acceptors (Lipinski definition) is 5. The lowest BCUT2D eigenvalue weighted by molar-refractivity contribution is 0.102. The molecule has 0 atom stereocenters. The van der Waals surface area contributed by atoms with E-state index in [-0.39, 0.29) is 15.4 Å². The van der Waals surface area contributed by atoms with Crippen LogP contribution in [0, 0.1) is 13.8 Å². The second kappa shape index (κ2) is 9.80. The Bertz CT molecular complexity index is 1440. The number of nitrogens with one attached hydrogen (secondary N) is 2. The van der Waals surface area contributed by atoms with E-state index in [4.69, 9.17) is 0 Å². The van der Waals surface area contributed by atoms with Gasteiger partial charge >= 0.3 is 0 Å². The van der Waals surface area contributed by atoms with E-state index in [1.54, 1.807) is 31.2 Å². The highest BCUT2D eigenvalue weighted by atomic mass is 32.2. The number of aryl methyl sites for hydroxylation is 2. The number of carbonyl (C=O) groups excluding carboxylic acids is 1. The van der Waals surface area contributed by atoms with E-state index in [0.717, 1.165) is 18.4 Å². The van der Waals surface area contributed by atoms with E-state index >= 15 is 0 Å². The largest absolute Gasteiger partial charge is 0.322 e. The number of amides is 1. The molecule has 1 amide bonds. The number of nitrogens with zero attached hydrogens (tertiary/aromatic N) is 1. The van der Waals surface area contributed by atoms with Gasteiger partial charge in [-0.1, -0.05) is 23.8 Å². The lowest BCUT2D eigenvalue weighted by Gasteiger charge is -2.16. The first-order valence-electron chi connectivity index (χ1n) is 11.2. The van der Waals surface area contributed by atoms with Gasteiger partial charge in [0.05, 0.1) is 15.5 Å². The first kappa shape index (κ1) is 24.9. The highest BCUT2D eigenvalue weighted by Crippen LogP contribution is 2.24. The predicted octanol–water partition coefficient (Wildman–Crippen LogP) is 4.14. The van der Waals surface area contributed by atoms with Gasteiger partial charge in [0.15, 0.2) is 0 Å². The molecule has 8 nitrogen and oxygen atoms in total. The summed E-state index contributed by atoms with van der Waals surface area (Å²) in [5, 5.41) is 2.73. The maximum atomic E-state index is 12.8. The summed E-state index contributed by atoms with van der Waals surface area (Å²) in [5.41, 5.74) is 2.59. The highest BCUT2D eigenvalue weighted by Gasteiger charge is 2.27. The fraction of sp³-hybridized carbons (Fsp3) is 0.240. The average molecular weight is 514 g/mol. The zero-order chi connectivity index (χ0) is 25.2.